The third-order valence-electron chi connectivity index (χ3n) is 6.19. The molecule has 7 nitrogen and oxygen atoms in total. The number of aliphatic hydroxyl groups excluding tert-OH is 2. The molecule has 4 atom stereocenters. The molecule has 0 fully saturated rings. The van der Waals surface area contributed by atoms with E-state index in [0.29, 0.717) is 35.0 Å². The summed E-state index contributed by atoms with van der Waals surface area (Å²) in [6.45, 7) is 0.352. The van der Waals surface area contributed by atoms with Crippen LogP contribution in [0.15, 0.2) is 24.3 Å². The van der Waals surface area contributed by atoms with E-state index in [-0.39, 0.29) is 25.5 Å². The van der Waals surface area contributed by atoms with Gasteiger partial charge in [0.2, 0.25) is 13.6 Å². The van der Waals surface area contributed by atoms with Crippen LogP contribution in [0.4, 0.5) is 0 Å². The first-order valence-electron chi connectivity index (χ1n) is 9.06. The van der Waals surface area contributed by atoms with Gasteiger partial charge in [-0.05, 0) is 48.4 Å². The highest BCUT2D eigenvalue weighted by Crippen LogP contribution is 2.56. The number of fused-ring (bicyclic) bond motifs is 8. The van der Waals surface area contributed by atoms with Crippen molar-refractivity contribution >= 4 is 0 Å². The van der Waals surface area contributed by atoms with E-state index in [9.17, 15) is 10.2 Å². The summed E-state index contributed by atoms with van der Waals surface area (Å²) in [6, 6.07) is 7.56. The monoisotopic (exact) mass is 369 g/mol. The summed E-state index contributed by atoms with van der Waals surface area (Å²) in [7, 11) is 1.87. The minimum Gasteiger partial charge on any atom is -0.454 e. The molecule has 2 N–H and O–H groups in total. The Balaban J connectivity index is 1.56. The maximum Gasteiger partial charge on any atom is 0.231 e. The van der Waals surface area contributed by atoms with Crippen LogP contribution in [0.2, 0.25) is 0 Å². The molecule has 0 amide bonds. The fourth-order valence-corrected chi connectivity index (χ4v) is 4.98. The summed E-state index contributed by atoms with van der Waals surface area (Å²) in [5.41, 5.74) is 3.68. The van der Waals surface area contributed by atoms with Crippen molar-refractivity contribution in [1.82, 2.24) is 4.90 Å². The van der Waals surface area contributed by atoms with Crippen LogP contribution in [0.1, 0.15) is 40.4 Å². The number of rotatable bonds is 0. The van der Waals surface area contributed by atoms with Gasteiger partial charge in [-0.1, -0.05) is 6.07 Å². The van der Waals surface area contributed by atoms with E-state index in [1.807, 2.05) is 36.2 Å². The number of hydrogen-bond donors (Lipinski definition) is 2. The van der Waals surface area contributed by atoms with Crippen LogP contribution in [0, 0.1) is 0 Å². The molecule has 6 rings (SSSR count). The number of likely N-dealkylation sites (N-methyl/N-ethyl adjacent to an activating group) is 1. The van der Waals surface area contributed by atoms with Gasteiger partial charge in [-0.2, -0.15) is 0 Å². The lowest BCUT2D eigenvalue weighted by molar-refractivity contribution is -0.0535. The van der Waals surface area contributed by atoms with Gasteiger partial charge in [-0.3, -0.25) is 4.90 Å². The predicted octanol–water partition coefficient (Wildman–Crippen LogP) is 1.82. The van der Waals surface area contributed by atoms with Gasteiger partial charge in [-0.25, -0.2) is 0 Å². The third kappa shape index (κ3) is 1.96. The molecule has 0 spiro atoms. The summed E-state index contributed by atoms with van der Waals surface area (Å²) in [4.78, 5) is 1.89. The molecule has 0 unspecified atom stereocenters. The first-order valence-corrected chi connectivity index (χ1v) is 9.06. The molecule has 0 radical (unpaired) electrons. The Morgan fingerprint density at radius 1 is 0.926 bits per heavy atom. The minimum atomic E-state index is -0.860. The highest BCUT2D eigenvalue weighted by atomic mass is 16.7. The van der Waals surface area contributed by atoms with Gasteiger partial charge in [0.05, 0.1) is 6.10 Å². The zero-order valence-corrected chi connectivity index (χ0v) is 14.7. The fourth-order valence-electron chi connectivity index (χ4n) is 4.98. The smallest absolute Gasteiger partial charge is 0.231 e. The van der Waals surface area contributed by atoms with Gasteiger partial charge >= 0.3 is 0 Å². The SMILES string of the molecule is CN1[C@H](O)c2c(ccc3c2OCO3)[C@@H]2[C@@H](O)Cc3cc4c(cc3[C@@H]21)OCO4. The molecule has 2 aromatic carbocycles. The first kappa shape index (κ1) is 15.6. The van der Waals surface area contributed by atoms with E-state index in [2.05, 4.69) is 0 Å². The van der Waals surface area contributed by atoms with E-state index in [0.717, 1.165) is 16.7 Å². The number of nitrogens with zero attached hydrogens (tertiary/aromatic N) is 1. The molecule has 3 aliphatic heterocycles. The summed E-state index contributed by atoms with van der Waals surface area (Å²) in [6.07, 6.45) is -0.927. The van der Waals surface area contributed by atoms with E-state index in [1.54, 1.807) is 0 Å². The molecule has 1 aliphatic carbocycles. The summed E-state index contributed by atoms with van der Waals surface area (Å²) < 4.78 is 22.2. The van der Waals surface area contributed by atoms with Gasteiger partial charge in [0.15, 0.2) is 23.0 Å². The lowest BCUT2D eigenvalue weighted by atomic mass is 9.70. The molecule has 0 saturated heterocycles. The molecule has 3 heterocycles. The average molecular weight is 369 g/mol. The molecule has 0 bridgehead atoms. The van der Waals surface area contributed by atoms with Crippen LogP contribution in [0.25, 0.3) is 0 Å². The van der Waals surface area contributed by atoms with Gasteiger partial charge in [0.1, 0.15) is 6.23 Å². The average Bonchev–Trinajstić information content (AvgIpc) is 3.31. The van der Waals surface area contributed by atoms with Crippen molar-refractivity contribution in [3.63, 3.8) is 0 Å². The van der Waals surface area contributed by atoms with Crippen molar-refractivity contribution in [1.29, 1.82) is 0 Å². The van der Waals surface area contributed by atoms with Crippen LogP contribution in [-0.4, -0.2) is 41.9 Å². The highest BCUT2D eigenvalue weighted by Gasteiger charge is 2.48. The highest BCUT2D eigenvalue weighted by molar-refractivity contribution is 5.58. The zero-order chi connectivity index (χ0) is 18.3. The Labute approximate surface area is 155 Å². The fraction of sp³-hybridized carbons (Fsp3) is 0.400. The number of ether oxygens (including phenoxy) is 4. The first-order chi connectivity index (χ1) is 13.1. The lowest BCUT2D eigenvalue weighted by Gasteiger charge is -2.48. The maximum absolute atomic E-state index is 11.1. The lowest BCUT2D eigenvalue weighted by Crippen LogP contribution is -2.45. The summed E-state index contributed by atoms with van der Waals surface area (Å²) >= 11 is 0. The van der Waals surface area contributed by atoms with E-state index < -0.39 is 12.3 Å². The second-order valence-corrected chi connectivity index (χ2v) is 7.49. The summed E-state index contributed by atoms with van der Waals surface area (Å²) in [5.74, 6) is 2.45. The summed E-state index contributed by atoms with van der Waals surface area (Å²) in [5, 5.41) is 22.1. The minimum absolute atomic E-state index is 0.144. The van der Waals surface area contributed by atoms with Gasteiger partial charge < -0.3 is 29.2 Å². The van der Waals surface area contributed by atoms with Gasteiger partial charge in [-0.15, -0.1) is 0 Å². The van der Waals surface area contributed by atoms with Gasteiger partial charge in [0.25, 0.3) is 0 Å². The maximum atomic E-state index is 11.1. The number of aliphatic hydroxyl groups is 2. The van der Waals surface area contributed by atoms with Crippen LogP contribution in [0.5, 0.6) is 23.0 Å². The van der Waals surface area contributed by atoms with E-state index in [1.165, 1.54) is 0 Å². The van der Waals surface area contributed by atoms with Crippen molar-refractivity contribution in [2.45, 2.75) is 30.7 Å². The molecule has 7 heteroatoms. The molecule has 4 aliphatic rings. The Morgan fingerprint density at radius 3 is 2.52 bits per heavy atom. The van der Waals surface area contributed by atoms with Crippen LogP contribution < -0.4 is 18.9 Å². The van der Waals surface area contributed by atoms with Crippen molar-refractivity contribution in [3.05, 3.63) is 46.5 Å². The molecule has 2 aromatic rings. The van der Waals surface area contributed by atoms with E-state index in [4.69, 9.17) is 18.9 Å². The molecule has 0 saturated carbocycles. The Bertz CT molecular complexity index is 960. The second-order valence-electron chi connectivity index (χ2n) is 7.49. The number of benzene rings is 2. The predicted molar refractivity (Wildman–Crippen MR) is 93.0 cm³/mol. The normalized spacial score (nSPS) is 29.9. The van der Waals surface area contributed by atoms with E-state index >= 15 is 0 Å². The quantitative estimate of drug-likeness (QED) is 0.733. The van der Waals surface area contributed by atoms with Crippen molar-refractivity contribution in [2.24, 2.45) is 0 Å². The third-order valence-corrected chi connectivity index (χ3v) is 6.19. The van der Waals surface area contributed by atoms with Crippen LogP contribution in [-0.2, 0) is 6.42 Å². The van der Waals surface area contributed by atoms with Crippen LogP contribution >= 0.6 is 0 Å². The van der Waals surface area contributed by atoms with Crippen molar-refractivity contribution in [3.8, 4) is 23.0 Å². The standard InChI is InChI=1S/C20H19NO6/c1-21-18-11-6-15-14(25-7-26-15)5-9(11)4-12(22)16(18)10-2-3-13-19(27-8-24-13)17(10)20(21)23/h2-3,5-6,12,16,18,20,22-23H,4,7-8H2,1H3/t12-,16+,18-,20+/m0/s1. The number of hydrogen-bond acceptors (Lipinski definition) is 7. The van der Waals surface area contributed by atoms with Crippen LogP contribution in [0.3, 0.4) is 0 Å². The second kappa shape index (κ2) is 5.28. The Hall–Kier alpha value is -2.48. The topological polar surface area (TPSA) is 80.6 Å². The molecule has 0 aromatic heterocycles. The Morgan fingerprint density at radius 2 is 1.67 bits per heavy atom. The zero-order valence-electron chi connectivity index (χ0n) is 14.7. The molecular formula is C20H19NO6. The molecular weight excluding hydrogens is 350 g/mol. The molecule has 27 heavy (non-hydrogen) atoms. The molecule has 140 valence electrons. The van der Waals surface area contributed by atoms with Crippen molar-refractivity contribution < 1.29 is 29.2 Å². The Kier molecular flexibility index (Phi) is 3.05. The van der Waals surface area contributed by atoms with Crippen molar-refractivity contribution in [2.75, 3.05) is 20.6 Å². The largest absolute Gasteiger partial charge is 0.454 e. The van der Waals surface area contributed by atoms with Gasteiger partial charge in [0, 0.05) is 17.5 Å².